The van der Waals surface area contributed by atoms with Gasteiger partial charge < -0.3 is 8.37 Å². The fourth-order valence-corrected chi connectivity index (χ4v) is 5.41. The number of rotatable bonds is 5. The zero-order chi connectivity index (χ0) is 26.5. The first kappa shape index (κ1) is 26.1. The van der Waals surface area contributed by atoms with E-state index in [-0.39, 0.29) is 0 Å². The van der Waals surface area contributed by atoms with E-state index in [2.05, 4.69) is 8.37 Å². The van der Waals surface area contributed by atoms with Gasteiger partial charge in [-0.15, -0.1) is 0 Å². The van der Waals surface area contributed by atoms with E-state index < -0.39 is 66.4 Å². The number of hydrogen-bond donors (Lipinski definition) is 0. The minimum Gasteiger partial charge on any atom is -0.380 e. The van der Waals surface area contributed by atoms with E-state index in [1.807, 2.05) is 0 Å². The third-order valence-electron chi connectivity index (χ3n) is 5.88. The first-order valence-electron chi connectivity index (χ1n) is 10.2. The van der Waals surface area contributed by atoms with Crippen LogP contribution >= 0.6 is 0 Å². The van der Waals surface area contributed by atoms with Crippen LogP contribution in [-0.4, -0.2) is 27.9 Å². The van der Waals surface area contributed by atoms with Gasteiger partial charge in [0.1, 0.15) is 11.5 Å². The van der Waals surface area contributed by atoms with Gasteiger partial charge in [-0.25, -0.2) is 0 Å². The molecule has 0 fully saturated rings. The maximum Gasteiger partial charge on any atom is 0.534 e. The summed E-state index contributed by atoms with van der Waals surface area (Å²) in [5, 5.41) is 0. The average Bonchev–Trinajstić information content (AvgIpc) is 2.77. The number of fused-ring (bicyclic) bond motifs is 2. The van der Waals surface area contributed by atoms with Crippen LogP contribution in [0.1, 0.15) is 0 Å². The molecule has 4 rings (SSSR count). The maximum atomic E-state index is 13.1. The smallest absolute Gasteiger partial charge is 0.380 e. The lowest BCUT2D eigenvalue weighted by Gasteiger charge is -2.42. The molecule has 0 N–H and O–H groups in total. The van der Waals surface area contributed by atoms with E-state index in [0.29, 0.717) is 11.1 Å². The molecule has 0 unspecified atom stereocenters. The van der Waals surface area contributed by atoms with E-state index in [1.165, 1.54) is 36.5 Å². The summed E-state index contributed by atoms with van der Waals surface area (Å²) in [4.78, 5) is 0. The highest BCUT2D eigenvalue weighted by Crippen LogP contribution is 2.51. The largest absolute Gasteiger partial charge is 0.534 e. The minimum atomic E-state index is -6.16. The van der Waals surface area contributed by atoms with Crippen LogP contribution in [0.4, 0.5) is 26.3 Å². The normalized spacial score (nSPS) is 27.8. The molecule has 4 aliphatic carbocycles. The zero-order valence-corrected chi connectivity index (χ0v) is 19.4. The van der Waals surface area contributed by atoms with Crippen molar-refractivity contribution in [2.24, 2.45) is 23.7 Å². The van der Waals surface area contributed by atoms with Gasteiger partial charge in [0, 0.05) is 23.7 Å². The van der Waals surface area contributed by atoms with E-state index >= 15 is 0 Å². The van der Waals surface area contributed by atoms with Gasteiger partial charge in [0.15, 0.2) is 0 Å². The monoisotopic (exact) mass is 554 g/mol. The Balaban J connectivity index is 1.86. The Morgan fingerprint density at radius 3 is 1.28 bits per heavy atom. The van der Waals surface area contributed by atoms with Gasteiger partial charge in [-0.05, 0) is 23.3 Å². The SMILES string of the molecule is O=S(=O)(OC1=CC=C2C=CC=C[C@H]2[C@@H]1[C@@H]1C(OS(=O)(=O)C(F)(F)F)=CC=C2C=CC=C[C@H]21)C(F)(F)F. The van der Waals surface area contributed by atoms with Crippen LogP contribution < -0.4 is 0 Å². The lowest BCUT2D eigenvalue weighted by atomic mass is 9.64. The summed E-state index contributed by atoms with van der Waals surface area (Å²) < 4.78 is 135. The van der Waals surface area contributed by atoms with Gasteiger partial charge in [-0.1, -0.05) is 60.8 Å². The molecule has 0 amide bonds. The fraction of sp³-hybridized carbons (Fsp3) is 0.273. The summed E-state index contributed by atoms with van der Waals surface area (Å²) in [5.74, 6) is -5.97. The maximum absolute atomic E-state index is 13.1. The molecule has 0 aromatic rings. The molecule has 0 aliphatic heterocycles. The molecular weight excluding hydrogens is 538 g/mol. The molecule has 0 saturated heterocycles. The second-order valence-electron chi connectivity index (χ2n) is 8.03. The molecule has 4 aliphatic rings. The standard InChI is InChI=1S/C22H16F6O6S2/c23-21(24,25)35(29,30)33-17-11-9-13-5-1-3-7-15(13)19(17)20-16-8-4-2-6-14(16)10-12-18(20)34-36(31,32)22(26,27)28/h1-12,15-16,19-20H/t15-,16-,19+,20+/m1/s1. The number of halogens is 6. The van der Waals surface area contributed by atoms with Crippen LogP contribution in [-0.2, 0) is 28.6 Å². The summed E-state index contributed by atoms with van der Waals surface area (Å²) in [7, 11) is -12.3. The molecule has 14 heteroatoms. The summed E-state index contributed by atoms with van der Waals surface area (Å²) in [5.41, 5.74) is -10.6. The van der Waals surface area contributed by atoms with E-state index in [4.69, 9.17) is 0 Å². The van der Waals surface area contributed by atoms with E-state index in [9.17, 15) is 43.2 Å². The predicted octanol–water partition coefficient (Wildman–Crippen LogP) is 5.08. The van der Waals surface area contributed by atoms with E-state index in [1.54, 1.807) is 24.3 Å². The van der Waals surface area contributed by atoms with Gasteiger partial charge >= 0.3 is 31.3 Å². The van der Waals surface area contributed by atoms with Crippen molar-refractivity contribution in [1.82, 2.24) is 0 Å². The van der Waals surface area contributed by atoms with Crippen molar-refractivity contribution >= 4 is 20.2 Å². The van der Waals surface area contributed by atoms with Crippen molar-refractivity contribution in [3.63, 3.8) is 0 Å². The first-order valence-corrected chi connectivity index (χ1v) is 13.0. The average molecular weight is 554 g/mol. The van der Waals surface area contributed by atoms with Crippen LogP contribution in [0.3, 0.4) is 0 Å². The van der Waals surface area contributed by atoms with Crippen LogP contribution in [0.25, 0.3) is 0 Å². The predicted molar refractivity (Wildman–Crippen MR) is 115 cm³/mol. The quantitative estimate of drug-likeness (QED) is 0.268. The van der Waals surface area contributed by atoms with Crippen molar-refractivity contribution in [1.29, 1.82) is 0 Å². The Bertz CT molecular complexity index is 1300. The number of allylic oxidation sites excluding steroid dienone is 16. The lowest BCUT2D eigenvalue weighted by molar-refractivity contribution is -0.0546. The third-order valence-corrected chi connectivity index (χ3v) is 7.84. The van der Waals surface area contributed by atoms with Gasteiger partial charge in [-0.2, -0.15) is 43.2 Å². The Labute approximate surface area is 202 Å². The summed E-state index contributed by atoms with van der Waals surface area (Å²) in [6.07, 6.45) is 17.0. The number of alkyl halides is 6. The second kappa shape index (κ2) is 8.83. The van der Waals surface area contributed by atoms with Crippen molar-refractivity contribution in [2.75, 3.05) is 0 Å². The Morgan fingerprint density at radius 1 is 0.583 bits per heavy atom. The first-order chi connectivity index (χ1) is 16.6. The molecule has 36 heavy (non-hydrogen) atoms. The topological polar surface area (TPSA) is 86.7 Å². The van der Waals surface area contributed by atoms with Crippen molar-refractivity contribution < 1.29 is 51.5 Å². The fourth-order valence-electron chi connectivity index (χ4n) is 4.38. The van der Waals surface area contributed by atoms with Crippen LogP contribution in [0.5, 0.6) is 0 Å². The van der Waals surface area contributed by atoms with Crippen LogP contribution in [0, 0.1) is 23.7 Å². The molecular formula is C22H16F6O6S2. The summed E-state index contributed by atoms with van der Waals surface area (Å²) >= 11 is 0. The number of hydrogen-bond acceptors (Lipinski definition) is 6. The lowest BCUT2D eigenvalue weighted by Crippen LogP contribution is -2.39. The van der Waals surface area contributed by atoms with Crippen LogP contribution in [0.15, 0.2) is 95.6 Å². The van der Waals surface area contributed by atoms with Gasteiger partial charge in [-0.3, -0.25) is 0 Å². The van der Waals surface area contributed by atoms with Crippen molar-refractivity contribution in [2.45, 2.75) is 11.0 Å². The second-order valence-corrected chi connectivity index (χ2v) is 11.1. The molecule has 0 radical (unpaired) electrons. The summed E-state index contributed by atoms with van der Waals surface area (Å²) in [6.45, 7) is 0. The molecule has 6 nitrogen and oxygen atoms in total. The van der Waals surface area contributed by atoms with Crippen LogP contribution in [0.2, 0.25) is 0 Å². The Kier molecular flexibility index (Phi) is 6.40. The molecule has 194 valence electrons. The van der Waals surface area contributed by atoms with Gasteiger partial charge in [0.05, 0.1) is 0 Å². The van der Waals surface area contributed by atoms with E-state index in [0.717, 1.165) is 12.2 Å². The van der Waals surface area contributed by atoms with Crippen molar-refractivity contribution in [3.8, 4) is 0 Å². The van der Waals surface area contributed by atoms with Gasteiger partial charge in [0.2, 0.25) is 0 Å². The van der Waals surface area contributed by atoms with Gasteiger partial charge in [0.25, 0.3) is 0 Å². The molecule has 0 aromatic carbocycles. The minimum absolute atomic E-state index is 0.490. The molecule has 4 atom stereocenters. The highest BCUT2D eigenvalue weighted by atomic mass is 32.2. The molecule has 0 bridgehead atoms. The zero-order valence-electron chi connectivity index (χ0n) is 17.8. The molecule has 0 spiro atoms. The summed E-state index contributed by atoms with van der Waals surface area (Å²) in [6, 6.07) is 0. The Hall–Kier alpha value is -3.00. The highest BCUT2D eigenvalue weighted by molar-refractivity contribution is 7.88. The highest BCUT2D eigenvalue weighted by Gasteiger charge is 2.54. The molecule has 0 aromatic heterocycles. The third kappa shape index (κ3) is 4.71. The van der Waals surface area contributed by atoms with Crippen molar-refractivity contribution in [3.05, 3.63) is 95.6 Å². The molecule has 0 heterocycles. The Morgan fingerprint density at radius 2 is 0.944 bits per heavy atom. The molecule has 0 saturated carbocycles.